The minimum absolute atomic E-state index is 0.379. The van der Waals surface area contributed by atoms with Gasteiger partial charge in [-0.05, 0) is 42.3 Å². The molecule has 4 unspecified atom stereocenters. The number of nitrogens with zero attached hydrogens (tertiary/aromatic N) is 1. The van der Waals surface area contributed by atoms with Crippen molar-refractivity contribution in [3.63, 3.8) is 0 Å². The van der Waals surface area contributed by atoms with Crippen LogP contribution >= 0.6 is 15.9 Å². The smallest absolute Gasteiger partial charge is 0.327 e. The number of ether oxygens (including phenoxy) is 1. The average Bonchev–Trinajstić information content (AvgIpc) is 3.28. The summed E-state index contributed by atoms with van der Waals surface area (Å²) in [6, 6.07) is 11.3. The van der Waals surface area contributed by atoms with E-state index < -0.39 is 47.8 Å². The van der Waals surface area contributed by atoms with Crippen molar-refractivity contribution in [2.75, 3.05) is 18.6 Å². The number of hydrogen-bond donors (Lipinski definition) is 3. The molecule has 2 aliphatic heterocycles. The van der Waals surface area contributed by atoms with E-state index >= 15 is 0 Å². The second-order valence-corrected chi connectivity index (χ2v) is 8.89. The Kier molecular flexibility index (Phi) is 5.83. The van der Waals surface area contributed by atoms with E-state index in [0.717, 1.165) is 16.9 Å². The monoisotopic (exact) mass is 502 g/mol. The first-order valence-electron chi connectivity index (χ1n) is 10.2. The highest BCUT2D eigenvalue weighted by molar-refractivity contribution is 9.10. The fraction of sp³-hybridized carbons (Fsp3) is 0.348. The number of nitrogens with one attached hydrogen (secondary N) is 1. The number of aliphatic carboxylic acids is 1. The third-order valence-corrected chi connectivity index (χ3v) is 6.91. The Hall–Kier alpha value is -2.75. The summed E-state index contributed by atoms with van der Waals surface area (Å²) in [5, 5.41) is 23.1. The molecule has 0 aliphatic carbocycles. The Bertz CT molecular complexity index is 1090. The normalized spacial score (nSPS) is 27.0. The van der Waals surface area contributed by atoms with Crippen LogP contribution in [-0.2, 0) is 20.8 Å². The summed E-state index contributed by atoms with van der Waals surface area (Å²) < 4.78 is 6.14. The molecule has 0 spiro atoms. The number of methoxy groups -OCH3 is 1. The van der Waals surface area contributed by atoms with Crippen molar-refractivity contribution in [3.05, 3.63) is 58.1 Å². The number of anilines is 1. The number of halogens is 1. The molecule has 2 aromatic carbocycles. The van der Waals surface area contributed by atoms with Gasteiger partial charge >= 0.3 is 5.97 Å². The minimum atomic E-state index is -2.01. The Morgan fingerprint density at radius 1 is 1.19 bits per heavy atom. The molecule has 0 bridgehead atoms. The van der Waals surface area contributed by atoms with Crippen LogP contribution < -0.4 is 15.0 Å². The number of rotatable bonds is 6. The lowest BCUT2D eigenvalue weighted by molar-refractivity contribution is -0.150. The minimum Gasteiger partial charge on any atom is -0.496 e. The summed E-state index contributed by atoms with van der Waals surface area (Å²) in [6.07, 6.45) is 0.800. The zero-order valence-electron chi connectivity index (χ0n) is 17.5. The highest BCUT2D eigenvalue weighted by atomic mass is 79.9. The van der Waals surface area contributed by atoms with Crippen molar-refractivity contribution in [1.29, 1.82) is 0 Å². The molecule has 2 amide bonds. The lowest BCUT2D eigenvalue weighted by Gasteiger charge is -2.29. The lowest BCUT2D eigenvalue weighted by Crippen LogP contribution is -2.58. The standard InChI is InChI=1S/C23H23BrN2O6/c1-3-12-4-7-14(8-5-12)26-20(28)17-18(21(26)29)23(11-27,22(30)31)25-19(17)15-10-13(24)6-9-16(15)32-2/h4-10,17-19,25,27H,3,11H2,1-2H3,(H,30,31). The van der Waals surface area contributed by atoms with Gasteiger partial charge in [0.05, 0.1) is 31.2 Å². The first-order valence-corrected chi connectivity index (χ1v) is 11.0. The number of carboxylic acids is 1. The van der Waals surface area contributed by atoms with Gasteiger partial charge in [0.2, 0.25) is 11.8 Å². The van der Waals surface area contributed by atoms with Crippen molar-refractivity contribution in [3.8, 4) is 5.75 Å². The first-order chi connectivity index (χ1) is 15.3. The van der Waals surface area contributed by atoms with Crippen LogP contribution in [0.5, 0.6) is 5.75 Å². The van der Waals surface area contributed by atoms with E-state index in [4.69, 9.17) is 4.74 Å². The van der Waals surface area contributed by atoms with Gasteiger partial charge in [-0.25, -0.2) is 4.90 Å². The lowest BCUT2D eigenvalue weighted by atomic mass is 9.79. The third kappa shape index (κ3) is 3.23. The van der Waals surface area contributed by atoms with Gasteiger partial charge in [0.25, 0.3) is 0 Å². The predicted octanol–water partition coefficient (Wildman–Crippen LogP) is 2.29. The second-order valence-electron chi connectivity index (χ2n) is 7.98. The number of aryl methyl sites for hydroxylation is 1. The molecule has 32 heavy (non-hydrogen) atoms. The summed E-state index contributed by atoms with van der Waals surface area (Å²) in [7, 11) is 1.47. The molecule has 2 heterocycles. The number of benzene rings is 2. The highest BCUT2D eigenvalue weighted by Crippen LogP contribution is 2.51. The van der Waals surface area contributed by atoms with Gasteiger partial charge in [-0.3, -0.25) is 19.7 Å². The van der Waals surface area contributed by atoms with Crippen LogP contribution in [0.25, 0.3) is 0 Å². The third-order valence-electron chi connectivity index (χ3n) is 6.41. The molecule has 0 radical (unpaired) electrons. The van der Waals surface area contributed by atoms with Crippen LogP contribution in [0, 0.1) is 11.8 Å². The van der Waals surface area contributed by atoms with E-state index in [0.29, 0.717) is 21.5 Å². The fourth-order valence-corrected chi connectivity index (χ4v) is 5.14. The van der Waals surface area contributed by atoms with Gasteiger partial charge < -0.3 is 14.9 Å². The largest absolute Gasteiger partial charge is 0.496 e. The molecule has 9 heteroatoms. The molecule has 168 valence electrons. The number of amides is 2. The molecular weight excluding hydrogens is 480 g/mol. The molecular formula is C23H23BrN2O6. The van der Waals surface area contributed by atoms with Crippen LogP contribution in [0.1, 0.15) is 24.1 Å². The summed E-state index contributed by atoms with van der Waals surface area (Å²) >= 11 is 3.40. The maximum absolute atomic E-state index is 13.6. The van der Waals surface area contributed by atoms with Crippen molar-refractivity contribution in [2.24, 2.45) is 11.8 Å². The van der Waals surface area contributed by atoms with E-state index in [1.165, 1.54) is 7.11 Å². The van der Waals surface area contributed by atoms with E-state index in [9.17, 15) is 24.6 Å². The number of fused-ring (bicyclic) bond motifs is 1. The number of aliphatic hydroxyl groups is 1. The average molecular weight is 503 g/mol. The quantitative estimate of drug-likeness (QED) is 0.518. The van der Waals surface area contributed by atoms with Gasteiger partial charge in [-0.2, -0.15) is 0 Å². The molecule has 8 nitrogen and oxygen atoms in total. The summed E-state index contributed by atoms with van der Waals surface area (Å²) in [4.78, 5) is 40.4. The number of imide groups is 1. The molecule has 4 atom stereocenters. The maximum atomic E-state index is 13.6. The van der Waals surface area contributed by atoms with Crippen LogP contribution in [0.2, 0.25) is 0 Å². The Morgan fingerprint density at radius 3 is 2.44 bits per heavy atom. The van der Waals surface area contributed by atoms with Crippen LogP contribution in [-0.4, -0.2) is 47.3 Å². The van der Waals surface area contributed by atoms with Crippen LogP contribution in [0.3, 0.4) is 0 Å². The number of carboxylic acid groups (broad SMARTS) is 1. The number of aliphatic hydroxyl groups excluding tert-OH is 1. The molecule has 4 rings (SSSR count). The van der Waals surface area contributed by atoms with E-state index in [2.05, 4.69) is 21.2 Å². The van der Waals surface area contributed by atoms with Gasteiger partial charge in [0.15, 0.2) is 5.54 Å². The fourth-order valence-electron chi connectivity index (χ4n) is 4.76. The van der Waals surface area contributed by atoms with Gasteiger partial charge in [-0.15, -0.1) is 0 Å². The highest BCUT2D eigenvalue weighted by Gasteiger charge is 2.69. The Morgan fingerprint density at radius 2 is 1.88 bits per heavy atom. The first kappa shape index (κ1) is 22.4. The molecule has 2 saturated heterocycles. The Balaban J connectivity index is 1.86. The zero-order valence-corrected chi connectivity index (χ0v) is 19.1. The predicted molar refractivity (Wildman–Crippen MR) is 119 cm³/mol. The topological polar surface area (TPSA) is 116 Å². The molecule has 2 aromatic rings. The zero-order chi connectivity index (χ0) is 23.2. The molecule has 0 saturated carbocycles. The van der Waals surface area contributed by atoms with E-state index in [1.54, 1.807) is 30.3 Å². The summed E-state index contributed by atoms with van der Waals surface area (Å²) in [5.41, 5.74) is -0.0590. The van der Waals surface area contributed by atoms with Gasteiger partial charge in [0.1, 0.15) is 5.75 Å². The van der Waals surface area contributed by atoms with Gasteiger partial charge in [-0.1, -0.05) is 35.0 Å². The summed E-state index contributed by atoms with van der Waals surface area (Å²) in [6.45, 7) is 1.15. The second kappa shape index (κ2) is 8.31. The van der Waals surface area contributed by atoms with Crippen LogP contribution in [0.15, 0.2) is 46.9 Å². The Labute approximate surface area is 193 Å². The number of carbonyl (C=O) groups is 3. The van der Waals surface area contributed by atoms with E-state index in [-0.39, 0.29) is 0 Å². The van der Waals surface area contributed by atoms with Crippen LogP contribution in [0.4, 0.5) is 5.69 Å². The SMILES string of the molecule is CCc1ccc(N2C(=O)C3C(c4cc(Br)ccc4OC)NC(CO)(C(=O)O)C3C2=O)cc1. The van der Waals surface area contributed by atoms with Gasteiger partial charge in [0, 0.05) is 16.1 Å². The summed E-state index contributed by atoms with van der Waals surface area (Å²) in [5.74, 6) is -4.42. The maximum Gasteiger partial charge on any atom is 0.327 e. The van der Waals surface area contributed by atoms with Crippen molar-refractivity contribution < 1.29 is 29.3 Å². The van der Waals surface area contributed by atoms with Crippen molar-refractivity contribution >= 4 is 39.4 Å². The van der Waals surface area contributed by atoms with Crippen molar-refractivity contribution in [2.45, 2.75) is 24.9 Å². The van der Waals surface area contributed by atoms with Crippen molar-refractivity contribution in [1.82, 2.24) is 5.32 Å². The molecule has 2 fully saturated rings. The molecule has 2 aliphatic rings. The molecule has 3 N–H and O–H groups in total. The number of hydrogen-bond acceptors (Lipinski definition) is 6. The number of carbonyl (C=O) groups excluding carboxylic acids is 2. The molecule has 0 aromatic heterocycles. The van der Waals surface area contributed by atoms with E-state index in [1.807, 2.05) is 19.1 Å².